The number of benzene rings is 2. The molecule has 0 bridgehead atoms. The molecule has 45 heavy (non-hydrogen) atoms. The molecule has 1 atom stereocenters. The standard InChI is InChI=1S/C32H42N7O4PSi/c1-24(2)42-44(40,43-25(3)4)19-18-26(20-39-23-36-29-30(37-38-33)34-22-35-31(29)39)21-41-45(32(5,6)7,27-14-10-8-11-15-27)28-16-12-9-13-17-28/h8-19,22-26H,20-21H2,1-7H3. The van der Waals surface area contributed by atoms with Crippen LogP contribution in [0.5, 0.6) is 0 Å². The Kier molecular flexibility index (Phi) is 11.1. The fraction of sp³-hybridized carbons (Fsp3) is 0.406. The van der Waals surface area contributed by atoms with Crippen molar-refractivity contribution in [3.05, 3.63) is 95.7 Å². The molecule has 11 nitrogen and oxygen atoms in total. The Morgan fingerprint density at radius 3 is 2.04 bits per heavy atom. The van der Waals surface area contributed by atoms with Crippen LogP contribution in [-0.4, -0.2) is 46.7 Å². The maximum absolute atomic E-state index is 13.8. The van der Waals surface area contributed by atoms with E-state index < -0.39 is 15.9 Å². The van der Waals surface area contributed by atoms with Crippen LogP contribution in [0, 0.1) is 5.92 Å². The van der Waals surface area contributed by atoms with Crippen LogP contribution in [0.3, 0.4) is 0 Å². The molecule has 238 valence electrons. The molecule has 0 radical (unpaired) electrons. The van der Waals surface area contributed by atoms with Crippen LogP contribution in [0.4, 0.5) is 5.82 Å². The first-order valence-electron chi connectivity index (χ1n) is 15.0. The Bertz CT molecular complexity index is 1630. The number of imidazole rings is 1. The van der Waals surface area contributed by atoms with E-state index in [1.54, 1.807) is 12.1 Å². The van der Waals surface area contributed by atoms with Gasteiger partial charge in [0, 0.05) is 29.8 Å². The molecular formula is C32H42N7O4PSi. The molecule has 0 aliphatic rings. The molecule has 0 amide bonds. The Hall–Kier alpha value is -3.63. The fourth-order valence-electron chi connectivity index (χ4n) is 5.44. The SMILES string of the molecule is CC(C)OP(=O)(C=CC(CO[Si](c1ccccc1)(c1ccccc1)C(C)(C)C)Cn1cnc2c(N=[N+]=[N-])ncnc21)OC(C)C. The molecule has 1 unspecified atom stereocenters. The summed E-state index contributed by atoms with van der Waals surface area (Å²) in [6.45, 7) is 14.6. The topological polar surface area (TPSA) is 137 Å². The highest BCUT2D eigenvalue weighted by Gasteiger charge is 2.50. The molecule has 0 aliphatic heterocycles. The van der Waals surface area contributed by atoms with Gasteiger partial charge >= 0.3 is 7.60 Å². The zero-order valence-electron chi connectivity index (χ0n) is 26.9. The summed E-state index contributed by atoms with van der Waals surface area (Å²) in [5, 5.41) is 5.74. The highest BCUT2D eigenvalue weighted by atomic mass is 31.2. The van der Waals surface area contributed by atoms with Gasteiger partial charge in [0.2, 0.25) is 0 Å². The van der Waals surface area contributed by atoms with Crippen LogP contribution in [-0.2, 0) is 24.6 Å². The third-order valence-electron chi connectivity index (χ3n) is 7.14. The number of nitrogens with zero attached hydrogens (tertiary/aromatic N) is 7. The molecule has 0 N–H and O–H groups in total. The number of hydrogen-bond acceptors (Lipinski definition) is 8. The van der Waals surface area contributed by atoms with Gasteiger partial charge in [0.25, 0.3) is 8.32 Å². The molecule has 0 saturated carbocycles. The molecule has 0 fully saturated rings. The van der Waals surface area contributed by atoms with E-state index in [0.717, 1.165) is 10.4 Å². The lowest BCUT2D eigenvalue weighted by atomic mass is 10.1. The van der Waals surface area contributed by atoms with Crippen molar-refractivity contribution in [2.24, 2.45) is 11.0 Å². The summed E-state index contributed by atoms with van der Waals surface area (Å²) in [4.78, 5) is 15.8. The first-order valence-corrected chi connectivity index (χ1v) is 18.5. The van der Waals surface area contributed by atoms with E-state index in [1.165, 1.54) is 6.33 Å². The minimum Gasteiger partial charge on any atom is -0.407 e. The summed E-state index contributed by atoms with van der Waals surface area (Å²) in [5.74, 6) is 1.39. The lowest BCUT2D eigenvalue weighted by Crippen LogP contribution is -2.66. The minimum atomic E-state index is -3.58. The van der Waals surface area contributed by atoms with Crippen LogP contribution in [0.25, 0.3) is 21.6 Å². The van der Waals surface area contributed by atoms with E-state index in [9.17, 15) is 4.57 Å². The molecule has 0 saturated heterocycles. The highest BCUT2D eigenvalue weighted by Crippen LogP contribution is 2.52. The van der Waals surface area contributed by atoms with Crippen molar-refractivity contribution >= 4 is 43.3 Å². The quantitative estimate of drug-likeness (QED) is 0.0454. The molecule has 2 heterocycles. The Morgan fingerprint density at radius 2 is 1.53 bits per heavy atom. The molecule has 0 aliphatic carbocycles. The van der Waals surface area contributed by atoms with Gasteiger partial charge in [-0.3, -0.25) is 4.57 Å². The fourth-order valence-corrected chi connectivity index (χ4v) is 11.9. The Labute approximate surface area is 266 Å². The smallest absolute Gasteiger partial charge is 0.354 e. The molecule has 0 spiro atoms. The molecule has 4 aromatic rings. The second kappa shape index (κ2) is 14.6. The van der Waals surface area contributed by atoms with Gasteiger partial charge in [-0.05, 0) is 53.8 Å². The zero-order valence-corrected chi connectivity index (χ0v) is 28.8. The van der Waals surface area contributed by atoms with Gasteiger partial charge in [-0.15, -0.1) is 0 Å². The number of rotatable bonds is 14. The van der Waals surface area contributed by atoms with Crippen molar-refractivity contribution in [2.45, 2.75) is 72.3 Å². The molecule has 4 rings (SSSR count). The Morgan fingerprint density at radius 1 is 0.956 bits per heavy atom. The average molecular weight is 648 g/mol. The van der Waals surface area contributed by atoms with Crippen molar-refractivity contribution in [1.82, 2.24) is 19.5 Å². The first kappa shape index (κ1) is 34.2. The number of hydrogen-bond donors (Lipinski definition) is 0. The van der Waals surface area contributed by atoms with Crippen LogP contribution in [0.1, 0.15) is 48.5 Å². The van der Waals surface area contributed by atoms with E-state index in [1.807, 2.05) is 74.7 Å². The second-order valence-corrected chi connectivity index (χ2v) is 18.5. The zero-order chi connectivity index (χ0) is 32.7. The van der Waals surface area contributed by atoms with E-state index in [-0.39, 0.29) is 29.0 Å². The van der Waals surface area contributed by atoms with Crippen molar-refractivity contribution in [3.8, 4) is 0 Å². The summed E-state index contributed by atoms with van der Waals surface area (Å²) < 4.78 is 34.6. The maximum atomic E-state index is 13.8. The highest BCUT2D eigenvalue weighted by molar-refractivity contribution is 7.57. The van der Waals surface area contributed by atoms with E-state index >= 15 is 0 Å². The van der Waals surface area contributed by atoms with Crippen molar-refractivity contribution in [2.75, 3.05) is 6.61 Å². The summed E-state index contributed by atoms with van der Waals surface area (Å²) in [6.07, 6.45) is 4.22. The van der Waals surface area contributed by atoms with Crippen LogP contribution in [0.2, 0.25) is 5.04 Å². The van der Waals surface area contributed by atoms with Gasteiger partial charge in [0.15, 0.2) is 11.5 Å². The summed E-state index contributed by atoms with van der Waals surface area (Å²) >= 11 is 0. The van der Waals surface area contributed by atoms with Gasteiger partial charge in [0.05, 0.1) is 18.5 Å². The summed E-state index contributed by atoms with van der Waals surface area (Å²) in [6, 6.07) is 20.8. The predicted molar refractivity (Wildman–Crippen MR) is 180 cm³/mol. The largest absolute Gasteiger partial charge is 0.407 e. The van der Waals surface area contributed by atoms with Crippen LogP contribution in [0.15, 0.2) is 90.3 Å². The van der Waals surface area contributed by atoms with Gasteiger partial charge in [-0.2, -0.15) is 0 Å². The second-order valence-electron chi connectivity index (χ2n) is 12.4. The molecule has 2 aromatic carbocycles. The van der Waals surface area contributed by atoms with Crippen LogP contribution >= 0.6 is 7.60 Å². The van der Waals surface area contributed by atoms with Gasteiger partial charge < -0.3 is 18.0 Å². The summed E-state index contributed by atoms with van der Waals surface area (Å²) in [5.41, 5.74) is 9.90. The van der Waals surface area contributed by atoms with Crippen molar-refractivity contribution < 1.29 is 18.0 Å². The predicted octanol–water partition coefficient (Wildman–Crippen LogP) is 7.52. The number of aromatic nitrogens is 4. The summed E-state index contributed by atoms with van der Waals surface area (Å²) in [7, 11) is -6.47. The third-order valence-corrected chi connectivity index (χ3v) is 14.1. The number of azide groups is 1. The van der Waals surface area contributed by atoms with Gasteiger partial charge in [-0.25, -0.2) is 15.0 Å². The van der Waals surface area contributed by atoms with E-state index in [0.29, 0.717) is 24.3 Å². The lowest BCUT2D eigenvalue weighted by molar-refractivity contribution is 0.149. The van der Waals surface area contributed by atoms with Crippen molar-refractivity contribution in [1.29, 1.82) is 0 Å². The minimum absolute atomic E-state index is 0.150. The Balaban J connectivity index is 1.81. The van der Waals surface area contributed by atoms with Gasteiger partial charge in [0.1, 0.15) is 11.8 Å². The third kappa shape index (κ3) is 8.15. The first-order chi connectivity index (χ1) is 21.4. The number of fused-ring (bicyclic) bond motifs is 1. The molecule has 2 aromatic heterocycles. The molecular weight excluding hydrogens is 605 g/mol. The van der Waals surface area contributed by atoms with E-state index in [4.69, 9.17) is 19.0 Å². The monoisotopic (exact) mass is 647 g/mol. The van der Waals surface area contributed by atoms with E-state index in [2.05, 4.69) is 70.0 Å². The van der Waals surface area contributed by atoms with Gasteiger partial charge in [-0.1, -0.05) is 87.5 Å². The lowest BCUT2D eigenvalue weighted by Gasteiger charge is -2.43. The molecule has 13 heteroatoms. The normalized spacial score (nSPS) is 13.5. The van der Waals surface area contributed by atoms with Crippen molar-refractivity contribution in [3.63, 3.8) is 0 Å². The maximum Gasteiger partial charge on any atom is 0.354 e. The van der Waals surface area contributed by atoms with Crippen LogP contribution < -0.4 is 10.4 Å². The average Bonchev–Trinajstić information content (AvgIpc) is 3.39.